The molecule has 2 amide bonds. The molecule has 0 radical (unpaired) electrons. The fourth-order valence-corrected chi connectivity index (χ4v) is 11.3. The molecule has 8 aromatic rings. The maximum absolute atomic E-state index is 15.5. The summed E-state index contributed by atoms with van der Waals surface area (Å²) < 4.78 is 371. The molecule has 2 aromatic heterocycles. The number of carbonyl (C=O) groups excluding carboxylic acids is 2. The molecular formula is C74H80F8N8O4S2. The van der Waals surface area contributed by atoms with Gasteiger partial charge < -0.3 is 28.7 Å². The fraction of sp³-hybridized carbons (Fsp3) is 0.378. The highest BCUT2D eigenvalue weighted by Gasteiger charge is 2.33. The number of benzene rings is 6. The first-order valence-corrected chi connectivity index (χ1v) is 31.2. The van der Waals surface area contributed by atoms with Crippen molar-refractivity contribution in [2.75, 3.05) is 52.2 Å². The lowest BCUT2D eigenvalue weighted by Gasteiger charge is -2.33. The number of carbonyl (C=O) groups is 2. The van der Waals surface area contributed by atoms with Gasteiger partial charge in [-0.2, -0.15) is 36.3 Å². The van der Waals surface area contributed by atoms with Crippen LogP contribution in [-0.2, 0) is 78.6 Å². The molecule has 2 unspecified atom stereocenters. The van der Waals surface area contributed by atoms with Crippen molar-refractivity contribution in [2.24, 2.45) is 5.89 Å². The number of hydrogen-bond donors (Lipinski definition) is 0. The summed E-state index contributed by atoms with van der Waals surface area (Å²) in [5.74, 6) is -8.01. The molecule has 10 rings (SSSR count). The average Bonchev–Trinajstić information content (AvgIpc) is 1.51. The number of fused-ring (bicyclic) bond motifs is 2. The summed E-state index contributed by atoms with van der Waals surface area (Å²) in [5, 5.41) is -1.25. The SMILES string of the molecule is [2H]C(C)(c1ccc(-c2ccc(C(F)(F)F)cc2)cc1)N(CCN(CC)CC)C(=O)Cn1c(SCc2ccc(F)cc2)nc(=O)c2c1CCC2.[2H]c1c([2H])c(C([2H])([2H])Sc2nc(=O)c3c(n2C([2H])([2H])C(=O)N(Cc2c([2H])c([2H])c(-c4c([2H])c([2H])c(C(F)(F)F)c([2H])c4[2H])c([2H])c2[2H])C([2H])([2H])C([2H])([2H])N(C([2H])([2H])C)C([2H])([2H])C)C([2H])([2H])C([2H])(C)C3([2H])[2H])c([2H])c([2H])c1F. The Morgan fingerprint density at radius 1 is 0.635 bits per heavy atom. The molecule has 2 atom stereocenters. The van der Waals surface area contributed by atoms with E-state index in [1.165, 1.54) is 36.0 Å². The van der Waals surface area contributed by atoms with Gasteiger partial charge in [0.2, 0.25) is 11.8 Å². The van der Waals surface area contributed by atoms with Crippen LogP contribution >= 0.6 is 23.5 Å². The quantitative estimate of drug-likeness (QED) is 0.0295. The highest BCUT2D eigenvalue weighted by Crippen LogP contribution is 2.35. The monoisotopic (exact) mass is 1390 g/mol. The van der Waals surface area contributed by atoms with Crippen LogP contribution in [0.2, 0.25) is 0 Å². The van der Waals surface area contributed by atoms with Crippen LogP contribution in [0, 0.1) is 17.5 Å². The molecule has 0 saturated heterocycles. The molecule has 0 N–H and O–H groups in total. The molecule has 2 aliphatic rings. The van der Waals surface area contributed by atoms with E-state index in [1.807, 2.05) is 18.4 Å². The largest absolute Gasteiger partial charge is 0.416 e. The minimum atomic E-state index is -5.52. The third-order valence-corrected chi connectivity index (χ3v) is 16.5. The van der Waals surface area contributed by atoms with Crippen LogP contribution in [0.1, 0.15) is 151 Å². The number of aromatic nitrogens is 4. The molecule has 22 heteroatoms. The highest BCUT2D eigenvalue weighted by atomic mass is 32.2. The van der Waals surface area contributed by atoms with E-state index in [4.69, 9.17) is 34.3 Å². The van der Waals surface area contributed by atoms with Crippen LogP contribution in [0.25, 0.3) is 22.3 Å². The number of hydrogen-bond acceptors (Lipinski definition) is 10. The molecule has 0 spiro atoms. The zero-order chi connectivity index (χ0) is 95.5. The van der Waals surface area contributed by atoms with E-state index >= 15 is 4.79 Å². The minimum Gasteiger partial charge on any atom is -0.336 e. The van der Waals surface area contributed by atoms with Gasteiger partial charge in [-0.1, -0.05) is 155 Å². The Kier molecular flexibility index (Phi) is 14.4. The van der Waals surface area contributed by atoms with Crippen LogP contribution in [0.4, 0.5) is 35.1 Å². The minimum absolute atomic E-state index is 0.113. The lowest BCUT2D eigenvalue weighted by molar-refractivity contribution is -0.138. The molecule has 2 aliphatic carbocycles. The van der Waals surface area contributed by atoms with Gasteiger partial charge in [0.25, 0.3) is 11.1 Å². The molecule has 12 nitrogen and oxygen atoms in total. The second-order valence-electron chi connectivity index (χ2n) is 20.9. The van der Waals surface area contributed by atoms with Gasteiger partial charge in [-0.05, 0) is 164 Å². The molecule has 0 fully saturated rings. The molecule has 0 aliphatic heterocycles. The molecular weight excluding hydrogens is 1280 g/mol. The third-order valence-electron chi connectivity index (χ3n) is 14.7. The van der Waals surface area contributed by atoms with Crippen molar-refractivity contribution >= 4 is 35.3 Å². The van der Waals surface area contributed by atoms with E-state index in [0.29, 0.717) is 73.3 Å². The van der Waals surface area contributed by atoms with E-state index in [9.17, 15) is 56.4 Å². The molecule has 508 valence electrons. The summed E-state index contributed by atoms with van der Waals surface area (Å²) in [7, 11) is 0. The normalized spacial score (nSPS) is 21.5. The highest BCUT2D eigenvalue weighted by molar-refractivity contribution is 7.98. The smallest absolute Gasteiger partial charge is 0.336 e. The van der Waals surface area contributed by atoms with Crippen molar-refractivity contribution in [1.82, 2.24) is 38.7 Å². The number of rotatable bonds is 26. The van der Waals surface area contributed by atoms with E-state index in [0.717, 1.165) is 42.9 Å². The molecule has 6 aromatic carbocycles. The van der Waals surface area contributed by atoms with Crippen molar-refractivity contribution in [3.63, 3.8) is 0 Å². The van der Waals surface area contributed by atoms with Crippen LogP contribution in [-0.4, -0.2) is 103 Å². The number of halogens is 8. The molecule has 2 heterocycles. The van der Waals surface area contributed by atoms with Crippen molar-refractivity contribution in [1.29, 1.82) is 0 Å². The Morgan fingerprint density at radius 2 is 1.21 bits per heavy atom. The number of thioether (sulfide) groups is 2. The first kappa shape index (κ1) is 42.0. The maximum Gasteiger partial charge on any atom is 0.416 e. The Labute approximate surface area is 605 Å². The van der Waals surface area contributed by atoms with Crippen molar-refractivity contribution < 1.29 is 85.8 Å². The topological polar surface area (TPSA) is 117 Å². The number of amides is 2. The summed E-state index contributed by atoms with van der Waals surface area (Å²) in [5.41, 5.74) is -13.1. The zero-order valence-corrected chi connectivity index (χ0v) is 53.7. The molecule has 0 saturated carbocycles. The molecule has 0 bridgehead atoms. The van der Waals surface area contributed by atoms with Gasteiger partial charge >= 0.3 is 12.4 Å². The van der Waals surface area contributed by atoms with Crippen molar-refractivity contribution in [3.8, 4) is 22.3 Å². The molecule has 96 heavy (non-hydrogen) atoms. The Bertz CT molecular complexity index is 5600. The van der Waals surface area contributed by atoms with Gasteiger partial charge in [0.1, 0.15) is 24.7 Å². The van der Waals surface area contributed by atoms with Gasteiger partial charge in [-0.15, -0.1) is 0 Å². The summed E-state index contributed by atoms with van der Waals surface area (Å²) >= 11 is 0.660. The van der Waals surface area contributed by atoms with Gasteiger partial charge in [-0.25, -0.2) is 8.78 Å². The van der Waals surface area contributed by atoms with Gasteiger partial charge in [-0.3, -0.25) is 19.2 Å². The lowest BCUT2D eigenvalue weighted by atomic mass is 9.99. The van der Waals surface area contributed by atoms with Gasteiger partial charge in [0.05, 0.1) is 40.4 Å². The number of alkyl halides is 6. The van der Waals surface area contributed by atoms with Crippen LogP contribution in [0.5, 0.6) is 0 Å². The van der Waals surface area contributed by atoms with Crippen LogP contribution < -0.4 is 11.1 Å². The second-order valence-corrected chi connectivity index (χ2v) is 22.6. The summed E-state index contributed by atoms with van der Waals surface area (Å²) in [6, 6.07) is -2.03. The fourth-order valence-electron chi connectivity index (χ4n) is 9.66. The second kappa shape index (κ2) is 32.9. The summed E-state index contributed by atoms with van der Waals surface area (Å²) in [4.78, 5) is 67.2. The summed E-state index contributed by atoms with van der Waals surface area (Å²) in [6.07, 6.45) is -15.3. The maximum atomic E-state index is 15.5. The van der Waals surface area contributed by atoms with Crippen LogP contribution in [0.15, 0.2) is 165 Å². The number of nitrogens with zero attached hydrogens (tertiary/aromatic N) is 8. The van der Waals surface area contributed by atoms with Crippen LogP contribution in [0.3, 0.4) is 0 Å². The Balaban J connectivity index is 0.000000314. The van der Waals surface area contributed by atoms with Gasteiger partial charge in [0.15, 0.2) is 10.3 Å². The predicted octanol–water partition coefficient (Wildman–Crippen LogP) is 15.2. The first-order valence-electron chi connectivity index (χ1n) is 44.4. The van der Waals surface area contributed by atoms with Crippen molar-refractivity contribution in [3.05, 3.63) is 234 Å². The zero-order valence-electron chi connectivity index (χ0n) is 82.1. The third kappa shape index (κ3) is 18.8. The van der Waals surface area contributed by atoms with Gasteiger partial charge in [0, 0.05) is 84.4 Å². The first-order chi connectivity index (χ1) is 57.5. The lowest BCUT2D eigenvalue weighted by Crippen LogP contribution is -2.42. The summed E-state index contributed by atoms with van der Waals surface area (Å²) in [6.45, 7) is -12.8. The predicted molar refractivity (Wildman–Crippen MR) is 362 cm³/mol. The number of likely N-dealkylation sites (N-methyl/N-ethyl adjacent to an activating group) is 2. The standard InChI is InChI=1S/2C37H40F4N4O2S/c1-4-43(5-2)18-19-44(22-26-6-10-28(11-7-26)29-12-14-30(15-13-29)37(39,40)41)34(46)23-45-33-21-25(3)20-32(33)35(47)42-36(45)48-24-27-8-16-31(38)17-9-27;1-4-43(5-2)21-22-44(25(3)27-11-13-28(14-12-27)29-15-17-30(18-16-29)37(39,40)41)34(46)23-45-33-8-6-7-32(33)35(47)42-36(45)48-24-26-9-19-31(38)20-10-26/h6-17,25H,4-5,18-24H2,1-3H3;9-20,25H,4-8,21-24H2,1-3H3/i4D2,5D2,6D,7D,8D,9D,10D,11D,12D,13D,14D,15D,16D,17D,18D2,19D2,20D2,21D2,23D2,24D2,25D;25D. The van der Waals surface area contributed by atoms with E-state index in [-0.39, 0.29) is 30.4 Å². The Hall–Kier alpha value is -7.92. The average molecular weight is 1390 g/mol. The van der Waals surface area contributed by atoms with Crippen molar-refractivity contribution in [2.45, 2.75) is 133 Å². The Morgan fingerprint density at radius 3 is 1.80 bits per heavy atom. The van der Waals surface area contributed by atoms with E-state index < -0.39 is 247 Å². The van der Waals surface area contributed by atoms with E-state index in [1.54, 1.807) is 48.2 Å². The van der Waals surface area contributed by atoms with E-state index in [2.05, 4.69) is 14.9 Å².